The van der Waals surface area contributed by atoms with E-state index in [2.05, 4.69) is 17.2 Å². The highest BCUT2D eigenvalue weighted by atomic mass is 16.6. The van der Waals surface area contributed by atoms with Gasteiger partial charge in [0.25, 0.3) is 0 Å². The lowest BCUT2D eigenvalue weighted by molar-refractivity contribution is -0.109. The van der Waals surface area contributed by atoms with E-state index in [4.69, 9.17) is 4.74 Å². The fourth-order valence-corrected chi connectivity index (χ4v) is 0.804. The first-order chi connectivity index (χ1) is 6.89. The van der Waals surface area contributed by atoms with E-state index in [0.29, 0.717) is 12.7 Å². The van der Waals surface area contributed by atoms with Crippen LogP contribution in [0.25, 0.3) is 0 Å². The van der Waals surface area contributed by atoms with E-state index in [1.807, 2.05) is 0 Å². The van der Waals surface area contributed by atoms with Crippen LogP contribution in [0.3, 0.4) is 0 Å². The molecule has 0 bridgehead atoms. The maximum atomic E-state index is 11.3. The molecule has 0 radical (unpaired) electrons. The Labute approximate surface area is 90.4 Å². The number of aldehydes is 1. The van der Waals surface area contributed by atoms with Crippen LogP contribution in [0.15, 0.2) is 0 Å². The van der Waals surface area contributed by atoms with Crippen molar-refractivity contribution >= 4 is 12.4 Å². The number of ether oxygens (including phenoxy) is 1. The molecule has 0 saturated carbocycles. The molecule has 0 spiro atoms. The first kappa shape index (κ1) is 13.5. The normalized spacial score (nSPS) is 12.0. The molecule has 1 amide bonds. The molecule has 0 aromatic heterocycles. The number of hydrogen-bond donors (Lipinski definition) is 1. The minimum Gasteiger partial charge on any atom is -0.444 e. The highest BCUT2D eigenvalue weighted by Gasteiger charge is 2.18. The quantitative estimate of drug-likeness (QED) is 0.568. The monoisotopic (exact) mass is 211 g/mol. The van der Waals surface area contributed by atoms with E-state index in [9.17, 15) is 9.59 Å². The molecule has 1 unspecified atom stereocenters. The Morgan fingerprint density at radius 2 is 2.13 bits per heavy atom. The maximum absolute atomic E-state index is 11.3. The Balaban J connectivity index is 4.11. The molecular weight excluding hydrogens is 194 g/mol. The van der Waals surface area contributed by atoms with Crippen molar-refractivity contribution in [3.05, 3.63) is 0 Å². The lowest BCUT2D eigenvalue weighted by atomic mass is 10.2. The van der Waals surface area contributed by atoms with Gasteiger partial charge in [-0.2, -0.15) is 0 Å². The minimum atomic E-state index is -0.604. The molecule has 0 aliphatic rings. The van der Waals surface area contributed by atoms with Gasteiger partial charge in [0.2, 0.25) is 0 Å². The van der Waals surface area contributed by atoms with Gasteiger partial charge in [0, 0.05) is 6.42 Å². The van der Waals surface area contributed by atoms with Crippen molar-refractivity contribution in [3.8, 4) is 11.8 Å². The van der Waals surface area contributed by atoms with Crippen LogP contribution in [0.4, 0.5) is 4.79 Å². The second kappa shape index (κ2) is 6.07. The molecule has 1 atom stereocenters. The highest BCUT2D eigenvalue weighted by molar-refractivity contribution is 5.73. The van der Waals surface area contributed by atoms with Crippen molar-refractivity contribution in [2.75, 3.05) is 0 Å². The molecule has 0 heterocycles. The van der Waals surface area contributed by atoms with Gasteiger partial charge >= 0.3 is 6.09 Å². The van der Waals surface area contributed by atoms with E-state index < -0.39 is 17.7 Å². The van der Waals surface area contributed by atoms with Gasteiger partial charge in [-0.05, 0) is 27.7 Å². The van der Waals surface area contributed by atoms with E-state index in [1.54, 1.807) is 27.7 Å². The third-order valence-corrected chi connectivity index (χ3v) is 1.37. The van der Waals surface area contributed by atoms with Gasteiger partial charge in [0.1, 0.15) is 11.9 Å². The summed E-state index contributed by atoms with van der Waals surface area (Å²) in [7, 11) is 0. The lowest BCUT2D eigenvalue weighted by Crippen LogP contribution is -2.39. The maximum Gasteiger partial charge on any atom is 0.408 e. The molecule has 15 heavy (non-hydrogen) atoms. The predicted octanol–water partition coefficient (Wildman–Crippen LogP) is 1.49. The van der Waals surface area contributed by atoms with Gasteiger partial charge < -0.3 is 14.8 Å². The van der Waals surface area contributed by atoms with E-state index >= 15 is 0 Å². The molecule has 1 N–H and O–H groups in total. The summed E-state index contributed by atoms with van der Waals surface area (Å²) in [6.07, 6.45) is 0.352. The number of hydrogen-bond acceptors (Lipinski definition) is 3. The molecule has 0 aliphatic heterocycles. The van der Waals surface area contributed by atoms with Gasteiger partial charge in [0.05, 0.1) is 6.04 Å². The average Bonchev–Trinajstić information content (AvgIpc) is 2.09. The van der Waals surface area contributed by atoms with Crippen LogP contribution in [-0.4, -0.2) is 24.0 Å². The first-order valence-electron chi connectivity index (χ1n) is 4.73. The SMILES string of the molecule is CC#CCC(C=O)NC(=O)OC(C)(C)C. The Hall–Kier alpha value is -1.50. The molecule has 4 heteroatoms. The first-order valence-corrected chi connectivity index (χ1v) is 4.73. The van der Waals surface area contributed by atoms with Crippen molar-refractivity contribution in [1.82, 2.24) is 5.32 Å². The average molecular weight is 211 g/mol. The molecule has 0 aromatic carbocycles. The van der Waals surface area contributed by atoms with Crippen LogP contribution in [0.5, 0.6) is 0 Å². The van der Waals surface area contributed by atoms with Crippen LogP contribution < -0.4 is 5.32 Å². The summed E-state index contributed by atoms with van der Waals surface area (Å²) < 4.78 is 4.99. The van der Waals surface area contributed by atoms with Crippen molar-refractivity contribution < 1.29 is 14.3 Å². The van der Waals surface area contributed by atoms with Crippen LogP contribution in [0, 0.1) is 11.8 Å². The van der Waals surface area contributed by atoms with Crippen molar-refractivity contribution in [2.45, 2.75) is 45.8 Å². The van der Waals surface area contributed by atoms with Crippen LogP contribution in [0.1, 0.15) is 34.1 Å². The van der Waals surface area contributed by atoms with E-state index in [-0.39, 0.29) is 0 Å². The van der Waals surface area contributed by atoms with Crippen LogP contribution in [-0.2, 0) is 9.53 Å². The molecule has 0 rings (SSSR count). The number of amides is 1. The summed E-state index contributed by atoms with van der Waals surface area (Å²) in [6, 6.07) is -0.604. The number of carbonyl (C=O) groups is 2. The zero-order chi connectivity index (χ0) is 11.9. The van der Waals surface area contributed by atoms with Crippen LogP contribution >= 0.6 is 0 Å². The summed E-state index contributed by atoms with van der Waals surface area (Å²) in [6.45, 7) is 6.95. The van der Waals surface area contributed by atoms with E-state index in [1.165, 1.54) is 0 Å². The van der Waals surface area contributed by atoms with Crippen molar-refractivity contribution in [2.24, 2.45) is 0 Å². The Bertz CT molecular complexity index is 280. The Morgan fingerprint density at radius 3 is 2.53 bits per heavy atom. The summed E-state index contributed by atoms with van der Waals surface area (Å²) in [4.78, 5) is 21.8. The lowest BCUT2D eigenvalue weighted by Gasteiger charge is -2.20. The standard InChI is InChI=1S/C11H17NO3/c1-5-6-7-9(8-13)12-10(14)15-11(2,3)4/h8-9H,7H2,1-4H3,(H,12,14). The molecule has 0 fully saturated rings. The molecule has 0 aliphatic carbocycles. The third-order valence-electron chi connectivity index (χ3n) is 1.37. The molecule has 84 valence electrons. The van der Waals surface area contributed by atoms with Gasteiger partial charge in [-0.3, -0.25) is 0 Å². The molecular formula is C11H17NO3. The fraction of sp³-hybridized carbons (Fsp3) is 0.636. The Kier molecular flexibility index (Phi) is 5.46. The number of rotatable bonds is 3. The molecule has 4 nitrogen and oxygen atoms in total. The van der Waals surface area contributed by atoms with E-state index in [0.717, 1.165) is 0 Å². The molecule has 0 aromatic rings. The zero-order valence-corrected chi connectivity index (χ0v) is 9.59. The van der Waals surface area contributed by atoms with Gasteiger partial charge in [-0.25, -0.2) is 4.79 Å². The number of nitrogens with one attached hydrogen (secondary N) is 1. The van der Waals surface area contributed by atoms with Gasteiger partial charge in [-0.1, -0.05) is 0 Å². The summed E-state index contributed by atoms with van der Waals surface area (Å²) in [5.74, 6) is 5.37. The fourth-order valence-electron chi connectivity index (χ4n) is 0.804. The summed E-state index contributed by atoms with van der Waals surface area (Å²) in [5, 5.41) is 2.43. The molecule has 0 saturated heterocycles. The van der Waals surface area contributed by atoms with Crippen LogP contribution in [0.2, 0.25) is 0 Å². The second-order valence-electron chi connectivity index (χ2n) is 4.02. The highest BCUT2D eigenvalue weighted by Crippen LogP contribution is 2.06. The largest absolute Gasteiger partial charge is 0.444 e. The predicted molar refractivity (Wildman–Crippen MR) is 57.3 cm³/mol. The third kappa shape index (κ3) is 7.56. The number of carbonyl (C=O) groups excluding carboxylic acids is 2. The minimum absolute atomic E-state index is 0.305. The van der Waals surface area contributed by atoms with Crippen molar-refractivity contribution in [1.29, 1.82) is 0 Å². The topological polar surface area (TPSA) is 55.4 Å². The van der Waals surface area contributed by atoms with Crippen molar-refractivity contribution in [3.63, 3.8) is 0 Å². The summed E-state index contributed by atoms with van der Waals surface area (Å²) in [5.41, 5.74) is -0.562. The Morgan fingerprint density at radius 1 is 1.53 bits per heavy atom. The van der Waals surface area contributed by atoms with Gasteiger partial charge in [0.15, 0.2) is 0 Å². The smallest absolute Gasteiger partial charge is 0.408 e. The summed E-state index contributed by atoms with van der Waals surface area (Å²) >= 11 is 0. The van der Waals surface area contributed by atoms with Gasteiger partial charge in [-0.15, -0.1) is 11.8 Å². The second-order valence-corrected chi connectivity index (χ2v) is 4.02. The zero-order valence-electron chi connectivity index (χ0n) is 9.59. The number of alkyl carbamates (subject to hydrolysis) is 1.